The first-order valence-corrected chi connectivity index (χ1v) is 3.94. The summed E-state index contributed by atoms with van der Waals surface area (Å²) in [4.78, 5) is 2.56. The molecule has 0 unspecified atom stereocenters. The van der Waals surface area contributed by atoms with Gasteiger partial charge in [0.15, 0.2) is 0 Å². The van der Waals surface area contributed by atoms with Gasteiger partial charge >= 0.3 is 0 Å². The van der Waals surface area contributed by atoms with Crippen LogP contribution in [0.25, 0.3) is 0 Å². The van der Waals surface area contributed by atoms with Crippen LogP contribution in [0.4, 0.5) is 0 Å². The lowest BCUT2D eigenvalue weighted by Crippen LogP contribution is -3.19. The molecular weight excluding hydrogens is 112 g/mol. The predicted molar refractivity (Wildman–Crippen MR) is 30.3 cm³/mol. The van der Waals surface area contributed by atoms with E-state index >= 15 is 0 Å². The smallest absolute Gasteiger partial charge is 0.0786 e. The molecule has 9 heavy (non-hydrogen) atoms. The van der Waals surface area contributed by atoms with Crippen LogP contribution in [0.3, 0.4) is 0 Å². The molecule has 3 heterocycles. The number of nitrogens with zero attached hydrogens (tertiary/aromatic N) is 1. The molecule has 6 aliphatic rings. The average Bonchev–Trinajstić information content (AvgIpc) is 1.88. The lowest BCUT2D eigenvalue weighted by atomic mass is 9.14. The van der Waals surface area contributed by atoms with E-state index in [-0.39, 0.29) is 0 Å². The summed E-state index contributed by atoms with van der Waals surface area (Å²) in [5.74, 6) is 4.26. The molecule has 3 aliphatic carbocycles. The molecule has 6 fully saturated rings. The van der Waals surface area contributed by atoms with Gasteiger partial charge in [0, 0.05) is 23.9 Å². The zero-order chi connectivity index (χ0) is 5.54. The third-order valence-electron chi connectivity index (χ3n) is 4.96. The third-order valence-corrected chi connectivity index (χ3v) is 4.96. The van der Waals surface area contributed by atoms with E-state index in [0.29, 0.717) is 5.66 Å². The van der Waals surface area contributed by atoms with E-state index in [1.165, 1.54) is 0 Å². The van der Waals surface area contributed by atoms with Gasteiger partial charge in [0.25, 0.3) is 0 Å². The summed E-state index contributed by atoms with van der Waals surface area (Å²) < 4.78 is 0. The van der Waals surface area contributed by atoms with Crippen molar-refractivity contribution in [1.82, 2.24) is 4.90 Å². The molecule has 0 aromatic rings. The molecule has 3 saturated carbocycles. The van der Waals surface area contributed by atoms with E-state index in [2.05, 4.69) is 4.90 Å². The van der Waals surface area contributed by atoms with E-state index in [0.717, 1.165) is 35.8 Å². The Hall–Kier alpha value is -0.0800. The Labute approximate surface area is 53.0 Å². The lowest BCUT2D eigenvalue weighted by molar-refractivity contribution is -0.592. The molecule has 2 nitrogen and oxygen atoms in total. The zero-order valence-corrected chi connectivity index (χ0v) is 4.99. The number of piperidine rings is 12. The van der Waals surface area contributed by atoms with Crippen molar-refractivity contribution in [3.63, 3.8) is 0 Å². The van der Waals surface area contributed by atoms with Crippen LogP contribution in [0, 0.1) is 23.7 Å². The van der Waals surface area contributed by atoms with Crippen LogP contribution in [0.2, 0.25) is 0 Å². The Morgan fingerprint density at radius 2 is 1.78 bits per heavy atom. The van der Waals surface area contributed by atoms with Crippen molar-refractivity contribution in [3.05, 3.63) is 0 Å². The van der Waals surface area contributed by atoms with Crippen LogP contribution >= 0.6 is 0 Å². The SMILES string of the molecule is NC12[C@H]3C4C5[C@H]3N1[C@H]5[C@H]42. The van der Waals surface area contributed by atoms with Crippen LogP contribution in [0.5, 0.6) is 0 Å². The molecule has 6 rings (SSSR count). The van der Waals surface area contributed by atoms with Crippen LogP contribution in [0.15, 0.2) is 0 Å². The maximum atomic E-state index is 6.11. The molecular formula is C7H8N2. The summed E-state index contributed by atoms with van der Waals surface area (Å²) in [6, 6.07) is 2.02. The highest BCUT2D eigenvalue weighted by Crippen LogP contribution is 2.93. The molecule has 0 spiro atoms. The second kappa shape index (κ2) is 0.523. The molecule has 46 valence electrons. The van der Waals surface area contributed by atoms with Gasteiger partial charge in [0.05, 0.1) is 5.66 Å². The summed E-state index contributed by atoms with van der Waals surface area (Å²) in [7, 11) is 0. The second-order valence-corrected chi connectivity index (χ2v) is 4.48. The van der Waals surface area contributed by atoms with Gasteiger partial charge in [-0.2, -0.15) is 0 Å². The number of rotatable bonds is 0. The molecule has 0 aromatic heterocycles. The summed E-state index contributed by atoms with van der Waals surface area (Å²) in [5, 5.41) is 0. The van der Waals surface area contributed by atoms with Crippen molar-refractivity contribution in [3.8, 4) is 0 Å². The van der Waals surface area contributed by atoms with E-state index in [9.17, 15) is 0 Å². The topological polar surface area (TPSA) is 29.3 Å². The fourth-order valence-electron chi connectivity index (χ4n) is 4.78. The molecule has 2 N–H and O–H groups in total. The summed E-state index contributed by atoms with van der Waals surface area (Å²) in [6.45, 7) is 0. The molecule has 3 saturated heterocycles. The zero-order valence-electron chi connectivity index (χ0n) is 4.99. The Balaban J connectivity index is 1.93. The van der Waals surface area contributed by atoms with Gasteiger partial charge in [0.2, 0.25) is 0 Å². The molecule has 0 bridgehead atoms. The highest BCUT2D eigenvalue weighted by Gasteiger charge is 3.03. The highest BCUT2D eigenvalue weighted by molar-refractivity contribution is 5.54. The van der Waals surface area contributed by atoms with E-state index in [4.69, 9.17) is 5.73 Å². The summed E-state index contributed by atoms with van der Waals surface area (Å²) >= 11 is 0. The fourth-order valence-corrected chi connectivity index (χ4v) is 4.78. The highest BCUT2D eigenvalue weighted by atomic mass is 15.6. The maximum absolute atomic E-state index is 6.11. The molecule has 0 radical (unpaired) electrons. The van der Waals surface area contributed by atoms with Gasteiger partial charge in [-0.1, -0.05) is 0 Å². The lowest BCUT2D eigenvalue weighted by Gasteiger charge is -3.07. The van der Waals surface area contributed by atoms with Crippen molar-refractivity contribution in [1.29, 1.82) is 0 Å². The second-order valence-electron chi connectivity index (χ2n) is 4.48. The third kappa shape index (κ3) is 0.0955. The standard InChI is InChI=1S/C7H8N2/c8-7-3-1-2-5(3)9(7)6(2)4(1)7/h1-6H,8H2/t1?,2?,3-,4-,5+,6+,7?/m0/s1. The average molecular weight is 120 g/mol. The molecule has 2 heteroatoms. The van der Waals surface area contributed by atoms with Crippen molar-refractivity contribution < 1.29 is 0 Å². The first kappa shape index (κ1) is 3.35. The van der Waals surface area contributed by atoms with Crippen molar-refractivity contribution in [2.45, 2.75) is 17.7 Å². The van der Waals surface area contributed by atoms with Crippen LogP contribution in [-0.4, -0.2) is 22.6 Å². The molecule has 4 atom stereocenters. The normalized spacial score (nSPS) is 99.7. The minimum Gasteiger partial charge on any atom is -0.313 e. The predicted octanol–water partition coefficient (Wildman–Crippen LogP) is -0.787. The van der Waals surface area contributed by atoms with Crippen LogP contribution in [-0.2, 0) is 0 Å². The van der Waals surface area contributed by atoms with Gasteiger partial charge < -0.3 is 5.73 Å². The van der Waals surface area contributed by atoms with E-state index in [1.54, 1.807) is 0 Å². The van der Waals surface area contributed by atoms with E-state index in [1.807, 2.05) is 0 Å². The minimum atomic E-state index is 0.300. The van der Waals surface area contributed by atoms with Gasteiger partial charge in [-0.15, -0.1) is 0 Å². The van der Waals surface area contributed by atoms with Gasteiger partial charge in [-0.3, -0.25) is 4.90 Å². The van der Waals surface area contributed by atoms with Crippen LogP contribution < -0.4 is 5.73 Å². The van der Waals surface area contributed by atoms with Crippen molar-refractivity contribution in [2.75, 3.05) is 0 Å². The van der Waals surface area contributed by atoms with Gasteiger partial charge in [-0.05, 0) is 11.8 Å². The summed E-state index contributed by atoms with van der Waals surface area (Å²) in [5.41, 5.74) is 6.41. The molecule has 0 aromatic carbocycles. The molecule has 0 amide bonds. The van der Waals surface area contributed by atoms with E-state index < -0.39 is 0 Å². The maximum Gasteiger partial charge on any atom is 0.0786 e. The van der Waals surface area contributed by atoms with Crippen LogP contribution in [0.1, 0.15) is 0 Å². The number of nitrogens with two attached hydrogens (primary N) is 1. The Kier molecular flexibility index (Phi) is 0.195. The fraction of sp³-hybridized carbons (Fsp3) is 1.00. The Bertz CT molecular complexity index is 209. The van der Waals surface area contributed by atoms with Crippen molar-refractivity contribution in [2.24, 2.45) is 29.4 Å². The van der Waals surface area contributed by atoms with Crippen molar-refractivity contribution >= 4 is 0 Å². The first-order valence-electron chi connectivity index (χ1n) is 3.94. The molecule has 3 aliphatic heterocycles. The quantitative estimate of drug-likeness (QED) is 0.454. The summed E-state index contributed by atoms with van der Waals surface area (Å²) in [6.07, 6.45) is 0. The number of hydrogen-bond acceptors (Lipinski definition) is 2. The number of hydrogen-bond donors (Lipinski definition) is 1. The van der Waals surface area contributed by atoms with Gasteiger partial charge in [-0.25, -0.2) is 0 Å². The monoisotopic (exact) mass is 120 g/mol. The largest absolute Gasteiger partial charge is 0.313 e. The minimum absolute atomic E-state index is 0.300. The Morgan fingerprint density at radius 1 is 1.11 bits per heavy atom. The van der Waals surface area contributed by atoms with Gasteiger partial charge in [0.1, 0.15) is 0 Å². The Morgan fingerprint density at radius 3 is 2.00 bits per heavy atom. The first-order chi connectivity index (χ1) is 4.37.